The third-order valence-electron chi connectivity index (χ3n) is 4.45. The fraction of sp³-hybridized carbons (Fsp3) is 0.190. The van der Waals surface area contributed by atoms with Crippen LogP contribution in [0.25, 0.3) is 0 Å². The summed E-state index contributed by atoms with van der Waals surface area (Å²) in [5.41, 5.74) is -1.45. The monoisotopic (exact) mass is 498 g/mol. The predicted molar refractivity (Wildman–Crippen MR) is 117 cm³/mol. The van der Waals surface area contributed by atoms with Gasteiger partial charge in [0.05, 0.1) is 9.73 Å². The number of benzene rings is 2. The molecule has 0 aliphatic carbocycles. The van der Waals surface area contributed by atoms with E-state index in [1.807, 2.05) is 0 Å². The highest BCUT2D eigenvalue weighted by molar-refractivity contribution is 7.91. The molecule has 3 rings (SSSR count). The Bertz CT molecular complexity index is 1320. The zero-order valence-corrected chi connectivity index (χ0v) is 19.2. The molecule has 0 radical (unpaired) electrons. The van der Waals surface area contributed by atoms with Gasteiger partial charge in [-0.15, -0.1) is 10.2 Å². The fourth-order valence-electron chi connectivity index (χ4n) is 2.99. The van der Waals surface area contributed by atoms with E-state index in [1.165, 1.54) is 36.6 Å². The topological polar surface area (TPSA) is 105 Å². The third-order valence-corrected chi connectivity index (χ3v) is 5.82. The third kappa shape index (κ3) is 5.79. The number of rotatable bonds is 5. The summed E-state index contributed by atoms with van der Waals surface area (Å²) in [5, 5.41) is 9.49. The molecule has 7 nitrogen and oxygen atoms in total. The lowest BCUT2D eigenvalue weighted by Gasteiger charge is -2.16. The molecule has 0 saturated heterocycles. The number of nitrogens with one attached hydrogen (secondary N) is 2. The lowest BCUT2D eigenvalue weighted by atomic mass is 10.1. The molecule has 174 valence electrons. The van der Waals surface area contributed by atoms with Crippen LogP contribution in [0.2, 0.25) is 5.02 Å². The van der Waals surface area contributed by atoms with E-state index in [9.17, 15) is 22.2 Å². The van der Waals surface area contributed by atoms with Crippen LogP contribution in [0.4, 0.5) is 18.9 Å². The summed E-state index contributed by atoms with van der Waals surface area (Å²) in [6.45, 7) is 2.82. The Morgan fingerprint density at radius 3 is 2.45 bits per heavy atom. The van der Waals surface area contributed by atoms with Crippen molar-refractivity contribution in [2.75, 3.05) is 11.6 Å². The Kier molecular flexibility index (Phi) is 6.66. The molecule has 0 spiro atoms. The number of nitrogens with zero attached hydrogens (tertiary/aromatic N) is 2. The average Bonchev–Trinajstić information content (AvgIpc) is 2.65. The van der Waals surface area contributed by atoms with Crippen molar-refractivity contribution in [1.82, 2.24) is 10.2 Å². The van der Waals surface area contributed by atoms with Crippen LogP contribution in [-0.4, -0.2) is 26.6 Å². The average molecular weight is 499 g/mol. The molecule has 12 heteroatoms. The predicted octanol–water partition coefficient (Wildman–Crippen LogP) is 5.85. The van der Waals surface area contributed by atoms with Crippen LogP contribution < -0.4 is 10.1 Å². The van der Waals surface area contributed by atoms with Gasteiger partial charge >= 0.3 is 6.18 Å². The second-order valence-electron chi connectivity index (χ2n) is 7.24. The minimum atomic E-state index is -4.85. The molecule has 33 heavy (non-hydrogen) atoms. The van der Waals surface area contributed by atoms with E-state index in [4.69, 9.17) is 21.1 Å². The van der Waals surface area contributed by atoms with Crippen molar-refractivity contribution in [3.63, 3.8) is 0 Å². The van der Waals surface area contributed by atoms with Crippen molar-refractivity contribution in [3.8, 4) is 11.6 Å². The Labute approximate surface area is 192 Å². The quantitative estimate of drug-likeness (QED) is 0.459. The van der Waals surface area contributed by atoms with Gasteiger partial charge in [0, 0.05) is 21.9 Å². The summed E-state index contributed by atoms with van der Waals surface area (Å²) < 4.78 is 65.5. The van der Waals surface area contributed by atoms with Crippen molar-refractivity contribution in [2.45, 2.75) is 24.9 Å². The maximum absolute atomic E-state index is 13.4. The van der Waals surface area contributed by atoms with Crippen LogP contribution in [0.15, 0.2) is 47.4 Å². The van der Waals surface area contributed by atoms with Crippen LogP contribution in [0.1, 0.15) is 27.2 Å². The molecule has 0 bridgehead atoms. The number of hydrogen-bond donors (Lipinski definition) is 2. The van der Waals surface area contributed by atoms with Gasteiger partial charge < -0.3 is 10.1 Å². The van der Waals surface area contributed by atoms with Gasteiger partial charge in [-0.1, -0.05) is 17.7 Å². The largest absolute Gasteiger partial charge is 0.437 e. The first-order valence-electron chi connectivity index (χ1n) is 9.30. The molecule has 1 unspecified atom stereocenters. The first-order valence-corrected chi connectivity index (χ1v) is 11.6. The Morgan fingerprint density at radius 1 is 1.15 bits per heavy atom. The normalized spacial score (nSPS) is 13.3. The van der Waals surface area contributed by atoms with E-state index >= 15 is 0 Å². The maximum atomic E-state index is 13.4. The molecule has 1 atom stereocenters. The summed E-state index contributed by atoms with van der Waals surface area (Å²) in [5.74, 6) is -1.24. The Morgan fingerprint density at radius 2 is 1.85 bits per heavy atom. The van der Waals surface area contributed by atoms with Gasteiger partial charge in [-0.3, -0.25) is 4.79 Å². The standard InChI is InChI=1S/C21H18ClF3N4O3S/c1-11-7-13(22)9-15(8-11)32-20-17(12(2)18(28-29-20)21(23,24)25)19(30)27-14-5-4-6-16(10-14)33(3,26)31/h4-10,26H,1-3H3,(H,27,30). The molecule has 2 aromatic carbocycles. The first kappa shape index (κ1) is 24.5. The molecule has 1 heterocycles. The number of amides is 1. The van der Waals surface area contributed by atoms with Crippen molar-refractivity contribution in [2.24, 2.45) is 0 Å². The van der Waals surface area contributed by atoms with Crippen molar-refractivity contribution < 1.29 is 26.9 Å². The molecule has 2 N–H and O–H groups in total. The molecule has 0 aliphatic rings. The number of hydrogen-bond acceptors (Lipinski definition) is 6. The van der Waals surface area contributed by atoms with E-state index in [1.54, 1.807) is 19.1 Å². The number of carbonyl (C=O) groups is 1. The molecule has 0 saturated carbocycles. The van der Waals surface area contributed by atoms with Crippen LogP contribution in [0, 0.1) is 18.6 Å². The molecule has 1 amide bonds. The fourth-order valence-corrected chi connectivity index (χ4v) is 3.96. The molecule has 0 fully saturated rings. The van der Waals surface area contributed by atoms with Crippen LogP contribution in [0.3, 0.4) is 0 Å². The van der Waals surface area contributed by atoms with Crippen LogP contribution >= 0.6 is 11.6 Å². The van der Waals surface area contributed by atoms with Gasteiger partial charge in [-0.2, -0.15) is 13.2 Å². The van der Waals surface area contributed by atoms with Gasteiger partial charge in [-0.25, -0.2) is 8.99 Å². The zero-order chi connectivity index (χ0) is 24.6. The van der Waals surface area contributed by atoms with Crippen molar-refractivity contribution >= 4 is 32.9 Å². The van der Waals surface area contributed by atoms with E-state index in [0.29, 0.717) is 5.02 Å². The molecule has 3 aromatic rings. The Balaban J connectivity index is 2.08. The first-order chi connectivity index (χ1) is 15.3. The number of aryl methyl sites for hydroxylation is 1. The van der Waals surface area contributed by atoms with Gasteiger partial charge in [0.15, 0.2) is 5.69 Å². The second kappa shape index (κ2) is 8.99. The maximum Gasteiger partial charge on any atom is 0.435 e. The highest BCUT2D eigenvalue weighted by Gasteiger charge is 2.38. The molecule has 0 aliphatic heterocycles. The highest BCUT2D eigenvalue weighted by Crippen LogP contribution is 2.35. The summed E-state index contributed by atoms with van der Waals surface area (Å²) >= 11 is 6.01. The molecular formula is C21H18ClF3N4O3S. The lowest BCUT2D eigenvalue weighted by Crippen LogP contribution is -2.21. The molecular weight excluding hydrogens is 481 g/mol. The Hall–Kier alpha value is -3.18. The van der Waals surface area contributed by atoms with E-state index < -0.39 is 44.5 Å². The van der Waals surface area contributed by atoms with Gasteiger partial charge in [0.1, 0.15) is 11.3 Å². The SMILES string of the molecule is Cc1cc(Cl)cc(Oc2nnc(C(F)(F)F)c(C)c2C(=O)Nc2cccc(S(C)(=N)=O)c2)c1. The summed E-state index contributed by atoms with van der Waals surface area (Å²) in [4.78, 5) is 13.2. The smallest absolute Gasteiger partial charge is 0.435 e. The number of ether oxygens (including phenoxy) is 1. The highest BCUT2D eigenvalue weighted by atomic mass is 35.5. The van der Waals surface area contributed by atoms with Gasteiger partial charge in [-0.05, 0) is 61.4 Å². The van der Waals surface area contributed by atoms with E-state index in [-0.39, 0.29) is 16.3 Å². The summed E-state index contributed by atoms with van der Waals surface area (Å²) in [6.07, 6.45) is -3.64. The van der Waals surface area contributed by atoms with Crippen molar-refractivity contribution in [1.29, 1.82) is 4.78 Å². The molecule has 1 aromatic heterocycles. The number of halogens is 4. The zero-order valence-electron chi connectivity index (χ0n) is 17.6. The number of anilines is 1. The minimum Gasteiger partial charge on any atom is -0.437 e. The minimum absolute atomic E-state index is 0.133. The second-order valence-corrected chi connectivity index (χ2v) is 9.84. The lowest BCUT2D eigenvalue weighted by molar-refractivity contribution is -0.142. The summed E-state index contributed by atoms with van der Waals surface area (Å²) in [7, 11) is -3.08. The van der Waals surface area contributed by atoms with E-state index in [2.05, 4.69) is 15.5 Å². The van der Waals surface area contributed by atoms with E-state index in [0.717, 1.165) is 12.5 Å². The number of alkyl halides is 3. The van der Waals surface area contributed by atoms with Gasteiger partial charge in [0.25, 0.3) is 11.8 Å². The van der Waals surface area contributed by atoms with Crippen LogP contribution in [0.5, 0.6) is 11.6 Å². The van der Waals surface area contributed by atoms with Crippen LogP contribution in [-0.2, 0) is 15.9 Å². The number of carbonyl (C=O) groups excluding carboxylic acids is 1. The number of aromatic nitrogens is 2. The summed E-state index contributed by atoms with van der Waals surface area (Å²) in [6, 6.07) is 10.3. The van der Waals surface area contributed by atoms with Gasteiger partial charge in [0.2, 0.25) is 0 Å². The van der Waals surface area contributed by atoms with Crippen molar-refractivity contribution in [3.05, 3.63) is 69.9 Å².